The molecule has 0 unspecified atom stereocenters. The highest BCUT2D eigenvalue weighted by molar-refractivity contribution is 7.02. The number of benzene rings is 11. The van der Waals surface area contributed by atoms with Gasteiger partial charge in [0.1, 0.15) is 23.0 Å². The van der Waals surface area contributed by atoms with Gasteiger partial charge < -0.3 is 28.4 Å². The molecule has 0 radical (unpaired) electrons. The van der Waals surface area contributed by atoms with Crippen LogP contribution in [0.1, 0.15) is 103 Å². The Bertz CT molecular complexity index is 4870. The number of rotatable bonds is 4. The van der Waals surface area contributed by atoms with E-state index in [9.17, 15) is 0 Å². The average molecular weight is 1160 g/mol. The van der Waals surface area contributed by atoms with Crippen LogP contribution in [0.3, 0.4) is 0 Å². The van der Waals surface area contributed by atoms with Crippen LogP contribution in [-0.2, 0) is 21.7 Å². The Hall–Kier alpha value is -9.65. The third-order valence-corrected chi connectivity index (χ3v) is 22.2. The van der Waals surface area contributed by atoms with Crippen molar-refractivity contribution in [2.75, 3.05) is 9.80 Å². The number of aromatic nitrogens is 2. The van der Waals surface area contributed by atoms with Crippen LogP contribution in [0.15, 0.2) is 218 Å². The summed E-state index contributed by atoms with van der Waals surface area (Å²) in [6.45, 7) is 19.2. The van der Waals surface area contributed by atoms with Crippen LogP contribution in [0.2, 0.25) is 0 Å². The number of para-hydroxylation sites is 6. The maximum atomic E-state index is 7.88. The molecule has 2 aliphatic carbocycles. The molecule has 19 rings (SSSR count). The van der Waals surface area contributed by atoms with Gasteiger partial charge in [-0.25, -0.2) is 0 Å². The van der Waals surface area contributed by atoms with Gasteiger partial charge in [-0.05, 0) is 158 Å². The number of ether oxygens (including phenoxy) is 2. The molecule has 11 aromatic carbocycles. The number of hydrogen-bond donors (Lipinski definition) is 0. The van der Waals surface area contributed by atoms with Crippen molar-refractivity contribution in [2.24, 2.45) is 0 Å². The van der Waals surface area contributed by atoms with Crippen molar-refractivity contribution in [1.82, 2.24) is 9.13 Å². The lowest BCUT2D eigenvalue weighted by Crippen LogP contribution is -2.64. The summed E-state index contributed by atoms with van der Waals surface area (Å²) in [5.74, 6) is 3.86. The van der Waals surface area contributed by atoms with E-state index in [4.69, 9.17) is 9.47 Å². The van der Waals surface area contributed by atoms with Crippen molar-refractivity contribution >= 4 is 124 Å². The molecule has 0 bridgehead atoms. The zero-order valence-electron chi connectivity index (χ0n) is 52.4. The number of fused-ring (bicyclic) bond motifs is 18. The molecule has 6 heterocycles. The fourth-order valence-electron chi connectivity index (χ4n) is 17.7. The van der Waals surface area contributed by atoms with Crippen molar-refractivity contribution in [3.63, 3.8) is 0 Å². The van der Waals surface area contributed by atoms with Crippen LogP contribution in [0.25, 0.3) is 55.0 Å². The van der Waals surface area contributed by atoms with Gasteiger partial charge >= 0.3 is 0 Å². The molecule has 6 nitrogen and oxygen atoms in total. The SMILES string of the molecule is CC1(C)CCC(C)(C)c2c1ccc1c2Oc2cc(-n3c4ccccc4c4ccccc43)cc3c2B1c1cc2c(cc1N3c1ccccc1)N(c1ccccc1)c1cc(-n3c4ccccc4c4ccccc43)cc3c1B2c1ccc2c(c1O3)C(C)(C)CCC2(C)C. The quantitative estimate of drug-likeness (QED) is 0.165. The molecule has 2 aromatic heterocycles. The van der Waals surface area contributed by atoms with Gasteiger partial charge in [0, 0.05) is 78.9 Å². The first-order chi connectivity index (χ1) is 43.6. The minimum atomic E-state index is -0.177. The first-order valence-corrected chi connectivity index (χ1v) is 32.6. The predicted octanol–water partition coefficient (Wildman–Crippen LogP) is 17.4. The van der Waals surface area contributed by atoms with E-state index in [1.807, 2.05) is 0 Å². The second-order valence-corrected chi connectivity index (χ2v) is 29.2. The lowest BCUT2D eigenvalue weighted by atomic mass is 9.30. The van der Waals surface area contributed by atoms with Gasteiger partial charge in [-0.2, -0.15) is 0 Å². The van der Waals surface area contributed by atoms with E-state index in [1.54, 1.807) is 0 Å². The van der Waals surface area contributed by atoms with Crippen LogP contribution in [0.5, 0.6) is 23.0 Å². The summed E-state index contributed by atoms with van der Waals surface area (Å²) >= 11 is 0. The lowest BCUT2D eigenvalue weighted by molar-refractivity contribution is 0.320. The molecule has 13 aromatic rings. The fraction of sp³-hybridized carbons (Fsp3) is 0.195. The van der Waals surface area contributed by atoms with E-state index in [2.05, 4.69) is 293 Å². The Balaban J connectivity index is 0.954. The van der Waals surface area contributed by atoms with Crippen LogP contribution < -0.4 is 52.1 Å². The fourth-order valence-corrected chi connectivity index (χ4v) is 17.7. The van der Waals surface area contributed by atoms with E-state index in [0.717, 1.165) is 116 Å². The summed E-state index contributed by atoms with van der Waals surface area (Å²) < 4.78 is 20.7. The smallest absolute Gasteiger partial charge is 0.256 e. The highest BCUT2D eigenvalue weighted by Crippen LogP contribution is 2.55. The van der Waals surface area contributed by atoms with Gasteiger partial charge in [0.25, 0.3) is 13.4 Å². The maximum absolute atomic E-state index is 7.88. The van der Waals surface area contributed by atoms with E-state index < -0.39 is 0 Å². The van der Waals surface area contributed by atoms with Crippen LogP contribution in [-0.4, -0.2) is 22.6 Å². The first kappa shape index (κ1) is 52.3. The molecule has 0 amide bonds. The third kappa shape index (κ3) is 7.02. The van der Waals surface area contributed by atoms with Crippen molar-refractivity contribution < 1.29 is 9.47 Å². The predicted molar refractivity (Wildman–Crippen MR) is 377 cm³/mol. The second kappa shape index (κ2) is 18.0. The minimum Gasteiger partial charge on any atom is -0.458 e. The number of nitrogens with zero attached hydrogens (tertiary/aromatic N) is 4. The monoisotopic (exact) mass is 1160 g/mol. The van der Waals surface area contributed by atoms with Gasteiger partial charge in [0.2, 0.25) is 0 Å². The van der Waals surface area contributed by atoms with Crippen molar-refractivity contribution in [1.29, 1.82) is 0 Å². The summed E-state index contributed by atoms with van der Waals surface area (Å²) in [5.41, 5.74) is 26.0. The summed E-state index contributed by atoms with van der Waals surface area (Å²) in [4.78, 5) is 5.14. The summed E-state index contributed by atoms with van der Waals surface area (Å²) in [6, 6.07) is 82.5. The molecule has 0 spiro atoms. The van der Waals surface area contributed by atoms with E-state index in [-0.39, 0.29) is 35.1 Å². The molecule has 90 heavy (non-hydrogen) atoms. The van der Waals surface area contributed by atoms with Gasteiger partial charge in [-0.1, -0.05) is 195 Å². The van der Waals surface area contributed by atoms with E-state index in [0.29, 0.717) is 0 Å². The number of anilines is 6. The topological polar surface area (TPSA) is 34.8 Å². The highest BCUT2D eigenvalue weighted by atomic mass is 16.5. The summed E-state index contributed by atoms with van der Waals surface area (Å²) in [7, 11) is 0. The zero-order chi connectivity index (χ0) is 60.5. The standard InChI is InChI=1S/C82H68B2N4O2/c1-79(2)39-41-81(5,6)73-57(79)35-37-59-77(73)89-71-45-51(87-63-31-19-15-27-53(63)54-28-16-20-32-64(54)87)43-69-75(71)83(59)61-47-62-68(48-67(61)85(69)49-23-11-9-12-24-49)86(50-25-13-10-14-26-50)70-44-52(88-65-33-21-17-29-55(65)56-30-18-22-34-66(56)88)46-72-76(70)84(62)60-38-36-58-74(78(60)90-72)82(7,8)42-40-80(58,3)4/h9-38,43-48H,39-42H2,1-8H3. The Kier molecular flexibility index (Phi) is 10.5. The Morgan fingerprint density at radius 1 is 0.311 bits per heavy atom. The van der Waals surface area contributed by atoms with E-state index in [1.165, 1.54) is 76.6 Å². The third-order valence-electron chi connectivity index (χ3n) is 22.2. The minimum absolute atomic E-state index is 0.0278. The molecule has 0 fully saturated rings. The highest BCUT2D eigenvalue weighted by Gasteiger charge is 2.52. The summed E-state index contributed by atoms with van der Waals surface area (Å²) in [5, 5.41) is 4.91. The molecule has 434 valence electrons. The Morgan fingerprint density at radius 2 is 0.656 bits per heavy atom. The van der Waals surface area contributed by atoms with Gasteiger partial charge in [-0.3, -0.25) is 0 Å². The van der Waals surface area contributed by atoms with Crippen LogP contribution in [0.4, 0.5) is 34.1 Å². The van der Waals surface area contributed by atoms with Gasteiger partial charge in [0.15, 0.2) is 0 Å². The largest absolute Gasteiger partial charge is 0.458 e. The Labute approximate surface area is 527 Å². The van der Waals surface area contributed by atoms with Crippen molar-refractivity contribution in [2.45, 2.75) is 103 Å². The van der Waals surface area contributed by atoms with Crippen LogP contribution >= 0.6 is 0 Å². The first-order valence-electron chi connectivity index (χ1n) is 32.6. The lowest BCUT2D eigenvalue weighted by Gasteiger charge is -2.47. The molecule has 0 atom stereocenters. The molecule has 6 aliphatic rings. The number of hydrogen-bond acceptors (Lipinski definition) is 4. The molecule has 0 N–H and O–H groups in total. The Morgan fingerprint density at radius 3 is 1.03 bits per heavy atom. The second-order valence-electron chi connectivity index (χ2n) is 29.2. The molecule has 8 heteroatoms. The van der Waals surface area contributed by atoms with Crippen molar-refractivity contribution in [3.8, 4) is 34.4 Å². The average Bonchev–Trinajstić information content (AvgIpc) is 0.827. The molecule has 4 aliphatic heterocycles. The molecule has 0 saturated heterocycles. The van der Waals surface area contributed by atoms with Gasteiger partial charge in [-0.15, -0.1) is 0 Å². The molecular weight excluding hydrogens is 1090 g/mol. The normalized spacial score (nSPS) is 17.2. The molecular formula is C82H68B2N4O2. The maximum Gasteiger partial charge on any atom is 0.256 e. The van der Waals surface area contributed by atoms with E-state index >= 15 is 0 Å². The van der Waals surface area contributed by atoms with Crippen molar-refractivity contribution in [3.05, 3.63) is 241 Å². The van der Waals surface area contributed by atoms with Crippen LogP contribution in [0, 0.1) is 0 Å². The van der Waals surface area contributed by atoms with Gasteiger partial charge in [0.05, 0.1) is 33.4 Å². The molecule has 0 saturated carbocycles. The summed E-state index contributed by atoms with van der Waals surface area (Å²) in [6.07, 6.45) is 4.36. The zero-order valence-corrected chi connectivity index (χ0v) is 52.4.